The first kappa shape index (κ1) is 15.1. The zero-order valence-electron chi connectivity index (χ0n) is 13.1. The van der Waals surface area contributed by atoms with Crippen molar-refractivity contribution in [2.75, 3.05) is 13.1 Å². The van der Waals surface area contributed by atoms with Gasteiger partial charge in [0.1, 0.15) is 0 Å². The van der Waals surface area contributed by atoms with Crippen LogP contribution in [-0.4, -0.2) is 56.1 Å². The average molecular weight is 314 g/mol. The van der Waals surface area contributed by atoms with Crippen molar-refractivity contribution in [3.05, 3.63) is 29.8 Å². The third-order valence-corrected chi connectivity index (χ3v) is 3.85. The van der Waals surface area contributed by atoms with Crippen LogP contribution < -0.4 is 5.32 Å². The van der Waals surface area contributed by atoms with Crippen molar-refractivity contribution in [1.29, 1.82) is 0 Å². The molecule has 1 unspecified atom stereocenters. The molecule has 8 heteroatoms. The van der Waals surface area contributed by atoms with Crippen molar-refractivity contribution in [3.63, 3.8) is 0 Å². The molecule has 3 rings (SSSR count). The van der Waals surface area contributed by atoms with Crippen molar-refractivity contribution in [1.82, 2.24) is 30.4 Å². The highest BCUT2D eigenvalue weighted by atomic mass is 16.2. The standard InChI is InChI=1S/C15H18N6O2/c1-3-21-9-12(8-13(21)22)16-15(23)11-6-4-10(5-7-11)14-17-19-20(2)18-14/h4-7,12H,3,8-9H2,1-2H3,(H,16,23). The van der Waals surface area contributed by atoms with Gasteiger partial charge in [-0.3, -0.25) is 9.59 Å². The second-order valence-electron chi connectivity index (χ2n) is 5.49. The minimum atomic E-state index is -0.181. The molecular weight excluding hydrogens is 296 g/mol. The largest absolute Gasteiger partial charge is 0.347 e. The maximum Gasteiger partial charge on any atom is 0.251 e. The number of nitrogens with zero attached hydrogens (tertiary/aromatic N) is 5. The molecule has 1 aromatic heterocycles. The van der Waals surface area contributed by atoms with Crippen molar-refractivity contribution in [2.45, 2.75) is 19.4 Å². The fourth-order valence-corrected chi connectivity index (χ4v) is 2.61. The number of rotatable bonds is 4. The molecule has 0 saturated carbocycles. The number of aryl methyl sites for hydroxylation is 1. The van der Waals surface area contributed by atoms with Gasteiger partial charge in [-0.15, -0.1) is 10.2 Å². The number of likely N-dealkylation sites (tertiary alicyclic amines) is 1. The lowest BCUT2D eigenvalue weighted by molar-refractivity contribution is -0.127. The van der Waals surface area contributed by atoms with Crippen LogP contribution in [0.1, 0.15) is 23.7 Å². The molecule has 0 bridgehead atoms. The quantitative estimate of drug-likeness (QED) is 0.872. The first-order valence-corrected chi connectivity index (χ1v) is 7.50. The number of tetrazole rings is 1. The summed E-state index contributed by atoms with van der Waals surface area (Å²) in [4.78, 5) is 27.1. The van der Waals surface area contributed by atoms with Crippen molar-refractivity contribution < 1.29 is 9.59 Å². The molecule has 8 nitrogen and oxygen atoms in total. The second kappa shape index (κ2) is 6.15. The fraction of sp³-hybridized carbons (Fsp3) is 0.400. The number of likely N-dealkylation sites (N-methyl/N-ethyl adjacent to an activating group) is 1. The predicted molar refractivity (Wildman–Crippen MR) is 82.4 cm³/mol. The molecule has 1 atom stereocenters. The maximum atomic E-state index is 12.3. The summed E-state index contributed by atoms with van der Waals surface area (Å²) in [5, 5.41) is 14.7. The summed E-state index contributed by atoms with van der Waals surface area (Å²) < 4.78 is 0. The van der Waals surface area contributed by atoms with Crippen molar-refractivity contribution in [2.24, 2.45) is 7.05 Å². The fourth-order valence-electron chi connectivity index (χ4n) is 2.61. The Kier molecular flexibility index (Phi) is 4.05. The van der Waals surface area contributed by atoms with E-state index in [4.69, 9.17) is 0 Å². The van der Waals surface area contributed by atoms with E-state index in [9.17, 15) is 9.59 Å². The van der Waals surface area contributed by atoms with Gasteiger partial charge < -0.3 is 10.2 Å². The molecule has 2 heterocycles. The molecule has 0 radical (unpaired) electrons. The summed E-state index contributed by atoms with van der Waals surface area (Å²) in [6.07, 6.45) is 0.362. The van der Waals surface area contributed by atoms with E-state index in [-0.39, 0.29) is 17.9 Å². The van der Waals surface area contributed by atoms with E-state index in [0.717, 1.165) is 5.56 Å². The van der Waals surface area contributed by atoms with Crippen LogP contribution in [0.4, 0.5) is 0 Å². The van der Waals surface area contributed by atoms with E-state index in [1.54, 1.807) is 36.2 Å². The highest BCUT2D eigenvalue weighted by molar-refractivity contribution is 5.95. The molecule has 1 aliphatic heterocycles. The molecule has 2 amide bonds. The number of carbonyl (C=O) groups is 2. The van der Waals surface area contributed by atoms with E-state index in [0.29, 0.717) is 30.9 Å². The maximum absolute atomic E-state index is 12.3. The summed E-state index contributed by atoms with van der Waals surface area (Å²) >= 11 is 0. The monoisotopic (exact) mass is 314 g/mol. The SMILES string of the molecule is CCN1CC(NC(=O)c2ccc(-c3nnn(C)n3)cc2)CC1=O. The molecule has 0 aliphatic carbocycles. The Morgan fingerprint density at radius 2 is 2.09 bits per heavy atom. The van der Waals surface area contributed by atoms with Gasteiger partial charge in [-0.1, -0.05) is 12.1 Å². The van der Waals surface area contributed by atoms with Gasteiger partial charge in [0.05, 0.1) is 13.1 Å². The van der Waals surface area contributed by atoms with Crippen LogP contribution in [0.15, 0.2) is 24.3 Å². The summed E-state index contributed by atoms with van der Waals surface area (Å²) in [6.45, 7) is 3.18. The molecule has 0 spiro atoms. The first-order valence-electron chi connectivity index (χ1n) is 7.50. The highest BCUT2D eigenvalue weighted by Gasteiger charge is 2.29. The molecule has 2 aromatic rings. The van der Waals surface area contributed by atoms with Crippen LogP contribution >= 0.6 is 0 Å². The number of nitrogens with one attached hydrogen (secondary N) is 1. The lowest BCUT2D eigenvalue weighted by Crippen LogP contribution is -2.37. The Balaban J connectivity index is 1.65. The van der Waals surface area contributed by atoms with Crippen LogP contribution in [0.25, 0.3) is 11.4 Å². The third-order valence-electron chi connectivity index (χ3n) is 3.85. The van der Waals surface area contributed by atoms with Crippen LogP contribution in [-0.2, 0) is 11.8 Å². The summed E-state index contributed by atoms with van der Waals surface area (Å²) in [5.41, 5.74) is 1.34. The second-order valence-corrected chi connectivity index (χ2v) is 5.49. The Morgan fingerprint density at radius 1 is 1.35 bits per heavy atom. The molecular formula is C15H18N6O2. The van der Waals surface area contributed by atoms with Crippen LogP contribution in [0.5, 0.6) is 0 Å². The molecule has 1 saturated heterocycles. The van der Waals surface area contributed by atoms with Crippen molar-refractivity contribution in [3.8, 4) is 11.4 Å². The Hall–Kier alpha value is -2.77. The average Bonchev–Trinajstić information content (AvgIpc) is 3.13. The Morgan fingerprint density at radius 3 is 2.65 bits per heavy atom. The van der Waals surface area contributed by atoms with Crippen LogP contribution in [0.2, 0.25) is 0 Å². The number of amides is 2. The van der Waals surface area contributed by atoms with Gasteiger partial charge in [-0.25, -0.2) is 0 Å². The van der Waals surface area contributed by atoms with E-state index in [1.807, 2.05) is 6.92 Å². The minimum Gasteiger partial charge on any atom is -0.347 e. The number of hydrogen-bond acceptors (Lipinski definition) is 5. The van der Waals surface area contributed by atoms with E-state index >= 15 is 0 Å². The van der Waals surface area contributed by atoms with Gasteiger partial charge in [0.2, 0.25) is 11.7 Å². The summed E-state index contributed by atoms with van der Waals surface area (Å²) in [5.74, 6) is 0.417. The number of benzene rings is 1. The van der Waals surface area contributed by atoms with Gasteiger partial charge in [-0.2, -0.15) is 4.80 Å². The van der Waals surface area contributed by atoms with E-state index in [2.05, 4.69) is 20.7 Å². The number of hydrogen-bond donors (Lipinski definition) is 1. The smallest absolute Gasteiger partial charge is 0.251 e. The topological polar surface area (TPSA) is 93.0 Å². The molecule has 1 N–H and O–H groups in total. The zero-order valence-corrected chi connectivity index (χ0v) is 13.1. The van der Waals surface area contributed by atoms with Crippen LogP contribution in [0, 0.1) is 0 Å². The van der Waals surface area contributed by atoms with Gasteiger partial charge in [-0.05, 0) is 24.3 Å². The lowest BCUT2D eigenvalue weighted by atomic mass is 10.1. The van der Waals surface area contributed by atoms with Gasteiger partial charge in [0.25, 0.3) is 5.91 Å². The van der Waals surface area contributed by atoms with E-state index in [1.165, 1.54) is 4.80 Å². The summed E-state index contributed by atoms with van der Waals surface area (Å²) in [6, 6.07) is 6.87. The Bertz CT molecular complexity index is 724. The minimum absolute atomic E-state index is 0.0851. The first-order chi connectivity index (χ1) is 11.1. The molecule has 23 heavy (non-hydrogen) atoms. The zero-order chi connectivity index (χ0) is 16.4. The Labute approximate surface area is 133 Å². The molecule has 1 aliphatic rings. The predicted octanol–water partition coefficient (Wildman–Crippen LogP) is 0.228. The molecule has 120 valence electrons. The van der Waals surface area contributed by atoms with Gasteiger partial charge in [0.15, 0.2) is 0 Å². The van der Waals surface area contributed by atoms with Gasteiger partial charge in [0, 0.05) is 30.6 Å². The lowest BCUT2D eigenvalue weighted by Gasteiger charge is -2.14. The number of carbonyl (C=O) groups excluding carboxylic acids is 2. The van der Waals surface area contributed by atoms with Crippen LogP contribution in [0.3, 0.4) is 0 Å². The van der Waals surface area contributed by atoms with E-state index < -0.39 is 0 Å². The molecule has 1 aromatic carbocycles. The normalized spacial score (nSPS) is 17.6. The highest BCUT2D eigenvalue weighted by Crippen LogP contribution is 2.15. The third kappa shape index (κ3) is 3.20. The van der Waals surface area contributed by atoms with Gasteiger partial charge >= 0.3 is 0 Å². The van der Waals surface area contributed by atoms with Crippen molar-refractivity contribution >= 4 is 11.8 Å². The summed E-state index contributed by atoms with van der Waals surface area (Å²) in [7, 11) is 1.70. The number of aromatic nitrogens is 4. The molecule has 1 fully saturated rings.